The Labute approximate surface area is 142 Å². The molecule has 2 N–H and O–H groups in total. The monoisotopic (exact) mass is 365 g/mol. The summed E-state index contributed by atoms with van der Waals surface area (Å²) in [7, 11) is 0. The van der Waals surface area contributed by atoms with E-state index in [1.54, 1.807) is 0 Å². The summed E-state index contributed by atoms with van der Waals surface area (Å²) in [6, 6.07) is 7.36. The second-order valence-corrected chi connectivity index (χ2v) is 5.41. The average Bonchev–Trinajstić information content (AvgIpc) is 2.54. The average molecular weight is 365 g/mol. The van der Waals surface area contributed by atoms with Gasteiger partial charge in [-0.3, -0.25) is 4.79 Å². The van der Waals surface area contributed by atoms with E-state index in [1.165, 1.54) is 24.3 Å². The van der Waals surface area contributed by atoms with Gasteiger partial charge in [0.05, 0.1) is 5.56 Å². The van der Waals surface area contributed by atoms with Gasteiger partial charge in [-0.2, -0.15) is 13.2 Å². The Balaban J connectivity index is 2.19. The number of pyridine rings is 1. The largest absolute Gasteiger partial charge is 0.530 e. The molecule has 3 aromatic rings. The number of benzene rings is 2. The van der Waals surface area contributed by atoms with E-state index >= 15 is 0 Å². The van der Waals surface area contributed by atoms with Gasteiger partial charge in [0.1, 0.15) is 11.9 Å². The molecule has 5 nitrogen and oxygen atoms in total. The smallest absolute Gasteiger partial charge is 0.417 e. The van der Waals surface area contributed by atoms with E-state index in [0.717, 1.165) is 12.1 Å². The van der Waals surface area contributed by atoms with Crippen molar-refractivity contribution in [1.82, 2.24) is 4.98 Å². The van der Waals surface area contributed by atoms with Crippen molar-refractivity contribution in [3.8, 4) is 11.3 Å². The van der Waals surface area contributed by atoms with Crippen molar-refractivity contribution in [3.05, 3.63) is 64.2 Å². The minimum absolute atomic E-state index is 0.0654. The number of nitrogens with one attached hydrogen (secondary N) is 2. The fourth-order valence-corrected chi connectivity index (χ4v) is 2.59. The first-order chi connectivity index (χ1) is 12.1. The molecule has 0 bridgehead atoms. The van der Waals surface area contributed by atoms with Crippen LogP contribution < -0.4 is 16.0 Å². The van der Waals surface area contributed by atoms with Crippen molar-refractivity contribution < 1.29 is 27.5 Å². The number of carboxylic acid groups (broad SMARTS) is 1. The van der Waals surface area contributed by atoms with Gasteiger partial charge in [-0.15, -0.1) is 0 Å². The molecule has 0 unspecified atom stereocenters. The Hall–Kier alpha value is -3.36. The maximum atomic E-state index is 13.2. The van der Waals surface area contributed by atoms with Gasteiger partial charge >= 0.3 is 6.18 Å². The Morgan fingerprint density at radius 3 is 2.46 bits per heavy atom. The van der Waals surface area contributed by atoms with Crippen LogP contribution in [0.5, 0.6) is 0 Å². The second kappa shape index (κ2) is 6.17. The summed E-state index contributed by atoms with van der Waals surface area (Å²) in [6.45, 7) is 0. The maximum absolute atomic E-state index is 13.2. The number of fused-ring (bicyclic) bond motifs is 1. The molecule has 0 saturated heterocycles. The molecular weight excluding hydrogens is 356 g/mol. The molecule has 0 aliphatic rings. The van der Waals surface area contributed by atoms with E-state index in [0.29, 0.717) is 6.07 Å². The molecule has 0 aliphatic heterocycles. The molecular formula is C17H9F4N2O3-. The number of aromatic amines is 1. The number of alkyl halides is 3. The first-order valence-electron chi connectivity index (χ1n) is 7.17. The van der Waals surface area contributed by atoms with Crippen LogP contribution in [-0.4, -0.2) is 11.1 Å². The highest BCUT2D eigenvalue weighted by Crippen LogP contribution is 2.37. The lowest BCUT2D eigenvalue weighted by molar-refractivity contribution is -0.242. The van der Waals surface area contributed by atoms with Gasteiger partial charge in [0, 0.05) is 22.3 Å². The molecule has 0 saturated carbocycles. The van der Waals surface area contributed by atoms with Crippen molar-refractivity contribution in [2.45, 2.75) is 6.18 Å². The number of halogens is 4. The van der Waals surface area contributed by atoms with E-state index in [4.69, 9.17) is 0 Å². The van der Waals surface area contributed by atoms with Gasteiger partial charge in [-0.1, -0.05) is 6.07 Å². The van der Waals surface area contributed by atoms with E-state index in [1.807, 2.05) is 5.32 Å². The Kier molecular flexibility index (Phi) is 4.15. The molecule has 1 aromatic heterocycles. The van der Waals surface area contributed by atoms with Gasteiger partial charge in [0.25, 0.3) is 5.56 Å². The van der Waals surface area contributed by atoms with Crippen LogP contribution in [-0.2, 0) is 6.18 Å². The number of H-pyrrole nitrogens is 1. The van der Waals surface area contributed by atoms with Crippen LogP contribution in [0.3, 0.4) is 0 Å². The van der Waals surface area contributed by atoms with E-state index < -0.39 is 29.2 Å². The molecule has 134 valence electrons. The summed E-state index contributed by atoms with van der Waals surface area (Å²) >= 11 is 0. The van der Waals surface area contributed by atoms with Crippen LogP contribution >= 0.6 is 0 Å². The molecule has 0 atom stereocenters. The quantitative estimate of drug-likeness (QED) is 0.685. The predicted octanol–water partition coefficient (Wildman–Crippen LogP) is 3.11. The third-order valence-corrected chi connectivity index (χ3v) is 3.67. The van der Waals surface area contributed by atoms with E-state index in [9.17, 15) is 32.3 Å². The topological polar surface area (TPSA) is 85.0 Å². The third kappa shape index (κ3) is 3.37. The van der Waals surface area contributed by atoms with Crippen LogP contribution in [0.25, 0.3) is 22.0 Å². The van der Waals surface area contributed by atoms with Crippen LogP contribution in [0.2, 0.25) is 0 Å². The van der Waals surface area contributed by atoms with Crippen molar-refractivity contribution in [1.29, 1.82) is 0 Å². The first-order valence-corrected chi connectivity index (χ1v) is 7.17. The highest BCUT2D eigenvalue weighted by atomic mass is 19.4. The number of aromatic nitrogens is 1. The Morgan fingerprint density at radius 1 is 1.08 bits per heavy atom. The highest BCUT2D eigenvalue weighted by Gasteiger charge is 2.34. The van der Waals surface area contributed by atoms with E-state index in [-0.39, 0.29) is 27.7 Å². The van der Waals surface area contributed by atoms with Crippen molar-refractivity contribution in [2.75, 3.05) is 5.32 Å². The fourth-order valence-electron chi connectivity index (χ4n) is 2.59. The normalized spacial score (nSPS) is 11.5. The van der Waals surface area contributed by atoms with Crippen LogP contribution in [0.4, 0.5) is 28.0 Å². The lowest BCUT2D eigenvalue weighted by Crippen LogP contribution is -2.28. The zero-order chi connectivity index (χ0) is 19.1. The predicted molar refractivity (Wildman–Crippen MR) is 84.0 cm³/mol. The number of carbonyl (C=O) groups excluding carboxylic acids is 1. The van der Waals surface area contributed by atoms with Crippen LogP contribution in [0.1, 0.15) is 5.56 Å². The molecule has 1 amide bonds. The summed E-state index contributed by atoms with van der Waals surface area (Å²) in [5, 5.41) is 12.9. The number of amides is 1. The summed E-state index contributed by atoms with van der Waals surface area (Å²) < 4.78 is 52.8. The number of hydrogen-bond acceptors (Lipinski definition) is 3. The van der Waals surface area contributed by atoms with Crippen molar-refractivity contribution in [3.63, 3.8) is 0 Å². The molecule has 0 aliphatic carbocycles. The molecule has 0 spiro atoms. The van der Waals surface area contributed by atoms with Gasteiger partial charge < -0.3 is 20.2 Å². The van der Waals surface area contributed by atoms with Crippen LogP contribution in [0.15, 0.2) is 47.3 Å². The van der Waals surface area contributed by atoms with Gasteiger partial charge in [-0.25, -0.2) is 4.39 Å². The molecule has 0 fully saturated rings. The van der Waals surface area contributed by atoms with Crippen molar-refractivity contribution in [2.24, 2.45) is 0 Å². The molecule has 1 heterocycles. The van der Waals surface area contributed by atoms with Gasteiger partial charge in [-0.05, 0) is 41.8 Å². The standard InChI is InChI=1S/C17H10F4N2O3/c18-9-2-4-11(13(6-9)17(19,20)21)14-5-8-1-3-10(22-16(25)26)7-12(8)15(24)23-14/h1-7,22H,(H,23,24)(H,25,26)/p-1. The lowest BCUT2D eigenvalue weighted by atomic mass is 10.0. The molecule has 2 aromatic carbocycles. The molecule has 9 heteroatoms. The Bertz CT molecular complexity index is 1070. The van der Waals surface area contributed by atoms with Gasteiger partial charge in [0.2, 0.25) is 0 Å². The molecule has 0 radical (unpaired) electrons. The number of anilines is 1. The highest BCUT2D eigenvalue weighted by molar-refractivity contribution is 5.91. The zero-order valence-corrected chi connectivity index (χ0v) is 12.8. The maximum Gasteiger partial charge on any atom is 0.417 e. The second-order valence-electron chi connectivity index (χ2n) is 5.41. The summed E-state index contributed by atoms with van der Waals surface area (Å²) in [4.78, 5) is 25.1. The third-order valence-electron chi connectivity index (χ3n) is 3.67. The molecule has 3 rings (SSSR count). The van der Waals surface area contributed by atoms with Crippen LogP contribution in [0, 0.1) is 5.82 Å². The fraction of sp³-hybridized carbons (Fsp3) is 0.0588. The minimum atomic E-state index is -4.81. The minimum Gasteiger partial charge on any atom is -0.530 e. The van der Waals surface area contributed by atoms with Crippen molar-refractivity contribution >= 4 is 22.6 Å². The SMILES string of the molecule is O=C([O-])Nc1ccc2cc(-c3ccc(F)cc3C(F)(F)F)[nH]c(=O)c2c1. The lowest BCUT2D eigenvalue weighted by Gasteiger charge is -2.14. The summed E-state index contributed by atoms with van der Waals surface area (Å²) in [5.41, 5.74) is -2.39. The van der Waals surface area contributed by atoms with Gasteiger partial charge in [0.15, 0.2) is 0 Å². The summed E-state index contributed by atoms with van der Waals surface area (Å²) in [6.07, 6.45) is -6.38. The van der Waals surface area contributed by atoms with E-state index in [2.05, 4.69) is 4.98 Å². The number of carbonyl (C=O) groups is 1. The number of rotatable bonds is 2. The zero-order valence-electron chi connectivity index (χ0n) is 12.8. The molecule has 26 heavy (non-hydrogen) atoms. The first kappa shape index (κ1) is 17.5. The number of hydrogen-bond donors (Lipinski definition) is 2. The Morgan fingerprint density at radius 2 is 1.81 bits per heavy atom. The summed E-state index contributed by atoms with van der Waals surface area (Å²) in [5.74, 6) is -1.05.